The number of fused-ring (bicyclic) bond motifs is 1. The fourth-order valence-electron chi connectivity index (χ4n) is 2.75. The van der Waals surface area contributed by atoms with Gasteiger partial charge in [0, 0.05) is 21.6 Å². The molecule has 2 nitrogen and oxygen atoms in total. The van der Waals surface area contributed by atoms with Crippen LogP contribution in [0.2, 0.25) is 5.02 Å². The molecule has 1 aliphatic heterocycles. The molecule has 0 saturated carbocycles. The molecular formula is C16H21ClO2. The van der Waals surface area contributed by atoms with Gasteiger partial charge in [-0.05, 0) is 24.5 Å². The van der Waals surface area contributed by atoms with Crippen molar-refractivity contribution in [2.24, 2.45) is 0 Å². The summed E-state index contributed by atoms with van der Waals surface area (Å²) in [7, 11) is 0. The van der Waals surface area contributed by atoms with Crippen molar-refractivity contribution in [1.29, 1.82) is 0 Å². The zero-order chi connectivity index (χ0) is 14.6. The van der Waals surface area contributed by atoms with E-state index >= 15 is 0 Å². The number of carbonyl (C=O) groups excluding carboxylic acids is 1. The maximum absolute atomic E-state index is 11.8. The third kappa shape index (κ3) is 2.27. The molecule has 1 heterocycles. The molecule has 0 radical (unpaired) electrons. The van der Waals surface area contributed by atoms with Crippen molar-refractivity contribution in [3.8, 4) is 5.75 Å². The first-order valence-electron chi connectivity index (χ1n) is 6.56. The number of ether oxygens (including phenoxy) is 1. The second-order valence-corrected chi connectivity index (χ2v) is 7.35. The third-order valence-corrected chi connectivity index (χ3v) is 4.03. The molecule has 2 rings (SSSR count). The van der Waals surface area contributed by atoms with Crippen LogP contribution in [0.25, 0.3) is 0 Å². The zero-order valence-corrected chi connectivity index (χ0v) is 13.2. The second-order valence-electron chi connectivity index (χ2n) is 6.91. The van der Waals surface area contributed by atoms with Crippen LogP contribution in [0.5, 0.6) is 5.75 Å². The summed E-state index contributed by atoms with van der Waals surface area (Å²) in [5, 5.41) is 0.699. The van der Waals surface area contributed by atoms with Crippen LogP contribution in [0.1, 0.15) is 52.7 Å². The summed E-state index contributed by atoms with van der Waals surface area (Å²) in [6.07, 6.45) is -0.429. The van der Waals surface area contributed by atoms with Gasteiger partial charge in [0.25, 0.3) is 0 Å². The van der Waals surface area contributed by atoms with Gasteiger partial charge in [-0.3, -0.25) is 4.79 Å². The maximum atomic E-state index is 11.8. The Bertz CT molecular complexity index is 538. The number of Topliss-reactive ketones (excluding diaryl/α,β-unsaturated/α-hetero) is 1. The van der Waals surface area contributed by atoms with E-state index in [0.29, 0.717) is 5.02 Å². The van der Waals surface area contributed by atoms with Gasteiger partial charge in [-0.25, -0.2) is 0 Å². The monoisotopic (exact) mass is 280 g/mol. The van der Waals surface area contributed by atoms with E-state index in [2.05, 4.69) is 20.8 Å². The normalized spacial score (nSPS) is 20.9. The van der Waals surface area contributed by atoms with E-state index in [1.54, 1.807) is 6.92 Å². The Morgan fingerprint density at radius 2 is 1.89 bits per heavy atom. The molecule has 1 atom stereocenters. The van der Waals surface area contributed by atoms with E-state index in [9.17, 15) is 4.79 Å². The van der Waals surface area contributed by atoms with Crippen LogP contribution in [0.4, 0.5) is 0 Å². The second kappa shape index (κ2) is 4.24. The molecule has 0 fully saturated rings. The summed E-state index contributed by atoms with van der Waals surface area (Å²) in [6, 6.07) is 3.87. The largest absolute Gasteiger partial charge is 0.481 e. The lowest BCUT2D eigenvalue weighted by molar-refractivity contribution is -0.125. The topological polar surface area (TPSA) is 26.3 Å². The maximum Gasteiger partial charge on any atom is 0.171 e. The molecule has 0 N–H and O–H groups in total. The molecular weight excluding hydrogens is 260 g/mol. The first kappa shape index (κ1) is 14.4. The molecule has 0 aliphatic carbocycles. The molecule has 1 unspecified atom stereocenters. The van der Waals surface area contributed by atoms with E-state index in [4.69, 9.17) is 16.3 Å². The van der Waals surface area contributed by atoms with Gasteiger partial charge in [0.05, 0.1) is 0 Å². The minimum absolute atomic E-state index is 0.0529. The van der Waals surface area contributed by atoms with Gasteiger partial charge >= 0.3 is 0 Å². The molecule has 104 valence electrons. The van der Waals surface area contributed by atoms with Crippen LogP contribution in [-0.4, -0.2) is 11.9 Å². The molecule has 0 amide bonds. The molecule has 3 heteroatoms. The summed E-state index contributed by atoms with van der Waals surface area (Å²) >= 11 is 6.25. The molecule has 1 aromatic rings. The summed E-state index contributed by atoms with van der Waals surface area (Å²) in [6.45, 7) is 12.0. The van der Waals surface area contributed by atoms with E-state index in [-0.39, 0.29) is 16.6 Å². The molecule has 0 saturated heterocycles. The molecule has 1 aliphatic rings. The van der Waals surface area contributed by atoms with Crippen molar-refractivity contribution in [2.45, 2.75) is 58.5 Å². The number of ketones is 1. The van der Waals surface area contributed by atoms with Crippen molar-refractivity contribution in [3.05, 3.63) is 28.3 Å². The zero-order valence-electron chi connectivity index (χ0n) is 12.4. The van der Waals surface area contributed by atoms with Gasteiger partial charge < -0.3 is 4.74 Å². The van der Waals surface area contributed by atoms with E-state index < -0.39 is 6.10 Å². The minimum atomic E-state index is -0.429. The van der Waals surface area contributed by atoms with E-state index in [1.165, 1.54) is 0 Å². The molecule has 1 aromatic carbocycles. The van der Waals surface area contributed by atoms with E-state index in [1.807, 2.05) is 26.0 Å². The van der Waals surface area contributed by atoms with Crippen LogP contribution in [0.15, 0.2) is 12.1 Å². The average Bonchev–Trinajstić information content (AvgIpc) is 2.49. The van der Waals surface area contributed by atoms with Crippen LogP contribution >= 0.6 is 11.6 Å². The molecule has 0 spiro atoms. The lowest BCUT2D eigenvalue weighted by atomic mass is 9.77. The highest BCUT2D eigenvalue weighted by Gasteiger charge is 2.46. The van der Waals surface area contributed by atoms with Crippen LogP contribution in [0, 0.1) is 0 Å². The molecule has 0 bridgehead atoms. The quantitative estimate of drug-likeness (QED) is 0.768. The lowest BCUT2D eigenvalue weighted by Gasteiger charge is -2.23. The van der Waals surface area contributed by atoms with Gasteiger partial charge in [0.15, 0.2) is 11.9 Å². The number of halogens is 1. The first-order valence-corrected chi connectivity index (χ1v) is 6.94. The van der Waals surface area contributed by atoms with Gasteiger partial charge in [-0.2, -0.15) is 0 Å². The number of hydrogen-bond donors (Lipinski definition) is 0. The number of rotatable bonds is 1. The summed E-state index contributed by atoms with van der Waals surface area (Å²) in [5.41, 5.74) is 1.68. The Labute approximate surface area is 120 Å². The highest BCUT2D eigenvalue weighted by molar-refractivity contribution is 6.30. The smallest absolute Gasteiger partial charge is 0.171 e. The predicted molar refractivity (Wildman–Crippen MR) is 78.3 cm³/mol. The van der Waals surface area contributed by atoms with Crippen molar-refractivity contribution < 1.29 is 9.53 Å². The van der Waals surface area contributed by atoms with Crippen molar-refractivity contribution >= 4 is 17.4 Å². The first-order chi connectivity index (χ1) is 8.55. The third-order valence-electron chi connectivity index (χ3n) is 3.82. The molecule has 0 aromatic heterocycles. The summed E-state index contributed by atoms with van der Waals surface area (Å²) in [5.74, 6) is 0.888. The summed E-state index contributed by atoms with van der Waals surface area (Å²) in [4.78, 5) is 11.8. The number of hydrogen-bond acceptors (Lipinski definition) is 2. The van der Waals surface area contributed by atoms with Gasteiger partial charge in [-0.1, -0.05) is 46.2 Å². The molecule has 19 heavy (non-hydrogen) atoms. The van der Waals surface area contributed by atoms with Gasteiger partial charge in [0.2, 0.25) is 0 Å². The Kier molecular flexibility index (Phi) is 3.21. The number of benzene rings is 1. The van der Waals surface area contributed by atoms with Crippen molar-refractivity contribution in [2.75, 3.05) is 0 Å². The Morgan fingerprint density at radius 1 is 1.32 bits per heavy atom. The summed E-state index contributed by atoms with van der Waals surface area (Å²) < 4.78 is 5.99. The lowest BCUT2D eigenvalue weighted by Crippen LogP contribution is -2.37. The van der Waals surface area contributed by atoms with Crippen molar-refractivity contribution in [1.82, 2.24) is 0 Å². The van der Waals surface area contributed by atoms with E-state index in [0.717, 1.165) is 16.9 Å². The predicted octanol–water partition coefficient (Wildman–Crippen LogP) is 4.27. The van der Waals surface area contributed by atoms with Gasteiger partial charge in [-0.15, -0.1) is 0 Å². The average molecular weight is 281 g/mol. The van der Waals surface area contributed by atoms with Crippen LogP contribution in [-0.2, 0) is 15.6 Å². The fourth-order valence-corrected chi connectivity index (χ4v) is 2.97. The van der Waals surface area contributed by atoms with Crippen LogP contribution < -0.4 is 4.74 Å². The SMILES string of the molecule is CC(=O)C1Oc2c(C(C)(C)C)cc(Cl)cc2C1(C)C. The highest BCUT2D eigenvalue weighted by atomic mass is 35.5. The van der Waals surface area contributed by atoms with Crippen LogP contribution in [0.3, 0.4) is 0 Å². The Balaban J connectivity index is 2.68. The minimum Gasteiger partial charge on any atom is -0.481 e. The number of carbonyl (C=O) groups is 1. The Hall–Kier alpha value is -1.02. The fraction of sp³-hybridized carbons (Fsp3) is 0.562. The Morgan fingerprint density at radius 3 is 2.37 bits per heavy atom. The van der Waals surface area contributed by atoms with Gasteiger partial charge in [0.1, 0.15) is 5.75 Å². The van der Waals surface area contributed by atoms with Crippen molar-refractivity contribution in [3.63, 3.8) is 0 Å². The standard InChI is InChI=1S/C16H21ClO2/c1-9(18)14-16(5,6)12-8-10(17)7-11(13(12)19-14)15(2,3)4/h7-8,14H,1-6H3. The highest BCUT2D eigenvalue weighted by Crippen LogP contribution is 2.49.